The Morgan fingerprint density at radius 3 is 2.70 bits per heavy atom. The summed E-state index contributed by atoms with van der Waals surface area (Å²) in [5.41, 5.74) is 1.35. The Morgan fingerprint density at radius 2 is 2.00 bits per heavy atom. The van der Waals surface area contributed by atoms with Crippen LogP contribution in [0.5, 0.6) is 5.75 Å². The molecule has 3 rings (SSSR count). The molecule has 124 valence electrons. The third kappa shape index (κ3) is 5.46. The van der Waals surface area contributed by atoms with Crippen LogP contribution in [0.25, 0.3) is 0 Å². The molecular weight excluding hydrogens is 332 g/mol. The highest BCUT2D eigenvalue weighted by molar-refractivity contribution is 7.15. The van der Waals surface area contributed by atoms with E-state index in [1.165, 1.54) is 23.3 Å². The van der Waals surface area contributed by atoms with E-state index in [4.69, 9.17) is 21.1 Å². The van der Waals surface area contributed by atoms with Gasteiger partial charge in [-0.15, -0.1) is 11.3 Å². The van der Waals surface area contributed by atoms with Gasteiger partial charge < -0.3 is 9.47 Å². The number of nitrogens with zero attached hydrogens (tertiary/aromatic N) is 2. The zero-order chi connectivity index (χ0) is 15.9. The number of halogens is 1. The maximum atomic E-state index is 5.81. The first kappa shape index (κ1) is 16.7. The lowest BCUT2D eigenvalue weighted by molar-refractivity contribution is 0.0374. The minimum atomic E-state index is 0.515. The molecule has 1 aliphatic heterocycles. The van der Waals surface area contributed by atoms with E-state index >= 15 is 0 Å². The maximum Gasteiger partial charge on any atom is 0.183 e. The number of hydrogen-bond donors (Lipinski definition) is 0. The second kappa shape index (κ2) is 8.64. The summed E-state index contributed by atoms with van der Waals surface area (Å²) in [5.74, 6) is 0.881. The van der Waals surface area contributed by atoms with Crippen molar-refractivity contribution in [1.29, 1.82) is 0 Å². The van der Waals surface area contributed by atoms with Gasteiger partial charge in [-0.25, -0.2) is 4.98 Å². The first-order chi connectivity index (χ1) is 11.3. The first-order valence-corrected chi connectivity index (χ1v) is 9.11. The van der Waals surface area contributed by atoms with E-state index in [1.807, 2.05) is 12.1 Å². The highest BCUT2D eigenvalue weighted by Gasteiger charge is 2.09. The number of ether oxygens (including phenoxy) is 2. The molecule has 4 nitrogen and oxygen atoms in total. The first-order valence-electron chi connectivity index (χ1n) is 7.92. The Labute approximate surface area is 146 Å². The Balaban J connectivity index is 1.39. The van der Waals surface area contributed by atoms with Crippen LogP contribution in [0.2, 0.25) is 4.47 Å². The van der Waals surface area contributed by atoms with Gasteiger partial charge in [-0.05, 0) is 37.1 Å². The summed E-state index contributed by atoms with van der Waals surface area (Å²) in [6.45, 7) is 5.53. The quantitative estimate of drug-likeness (QED) is 0.762. The summed E-state index contributed by atoms with van der Waals surface area (Å²) >= 11 is 7.26. The van der Waals surface area contributed by atoms with E-state index in [9.17, 15) is 0 Å². The topological polar surface area (TPSA) is 34.6 Å². The molecule has 23 heavy (non-hydrogen) atoms. The normalized spacial score (nSPS) is 15.7. The van der Waals surface area contributed by atoms with Gasteiger partial charge in [-0.2, -0.15) is 0 Å². The van der Waals surface area contributed by atoms with Crippen LogP contribution in [-0.4, -0.2) is 42.7 Å². The lowest BCUT2D eigenvalue weighted by Crippen LogP contribution is -2.36. The summed E-state index contributed by atoms with van der Waals surface area (Å²) in [4.78, 5) is 7.51. The minimum absolute atomic E-state index is 0.515. The van der Waals surface area contributed by atoms with Gasteiger partial charge in [-0.1, -0.05) is 23.7 Å². The van der Waals surface area contributed by atoms with Gasteiger partial charge in [0, 0.05) is 19.3 Å². The SMILES string of the molecule is Clc1ncc(COc2ccc(CCCN3CCOCC3)cc2)s1. The lowest BCUT2D eigenvalue weighted by atomic mass is 10.1. The summed E-state index contributed by atoms with van der Waals surface area (Å²) in [6.07, 6.45) is 4.04. The molecule has 0 radical (unpaired) electrons. The zero-order valence-corrected chi connectivity index (χ0v) is 14.6. The third-order valence-corrected chi connectivity index (χ3v) is 4.96. The van der Waals surface area contributed by atoms with E-state index < -0.39 is 0 Å². The molecule has 1 aromatic heterocycles. The smallest absolute Gasteiger partial charge is 0.183 e. The highest BCUT2D eigenvalue weighted by Crippen LogP contribution is 2.20. The zero-order valence-electron chi connectivity index (χ0n) is 13.0. The van der Waals surface area contributed by atoms with Crippen LogP contribution in [0.15, 0.2) is 30.5 Å². The number of benzene rings is 1. The van der Waals surface area contributed by atoms with Crippen molar-refractivity contribution in [2.45, 2.75) is 19.4 Å². The minimum Gasteiger partial charge on any atom is -0.488 e. The van der Waals surface area contributed by atoms with Crippen LogP contribution in [-0.2, 0) is 17.8 Å². The molecule has 0 saturated carbocycles. The molecular formula is C17H21ClN2O2S. The monoisotopic (exact) mass is 352 g/mol. The summed E-state index contributed by atoms with van der Waals surface area (Å²) < 4.78 is 11.7. The number of rotatable bonds is 7. The molecule has 0 aliphatic carbocycles. The Morgan fingerprint density at radius 1 is 1.22 bits per heavy atom. The second-order valence-corrected chi connectivity index (χ2v) is 7.27. The Bertz CT molecular complexity index is 597. The molecule has 6 heteroatoms. The van der Waals surface area contributed by atoms with Gasteiger partial charge >= 0.3 is 0 Å². The molecule has 0 atom stereocenters. The van der Waals surface area contributed by atoms with Crippen molar-refractivity contribution in [1.82, 2.24) is 9.88 Å². The van der Waals surface area contributed by atoms with Crippen LogP contribution in [0, 0.1) is 0 Å². The van der Waals surface area contributed by atoms with Crippen molar-refractivity contribution in [3.05, 3.63) is 45.4 Å². The Hall–Kier alpha value is -1.14. The van der Waals surface area contributed by atoms with Crippen LogP contribution in [0.4, 0.5) is 0 Å². The van der Waals surface area contributed by atoms with Gasteiger partial charge in [0.05, 0.1) is 18.1 Å². The predicted octanol–water partition coefficient (Wildman–Crippen LogP) is 3.64. The highest BCUT2D eigenvalue weighted by atomic mass is 35.5. The van der Waals surface area contributed by atoms with Crippen LogP contribution in [0.3, 0.4) is 0 Å². The number of hydrogen-bond acceptors (Lipinski definition) is 5. The Kier molecular flexibility index (Phi) is 6.28. The molecule has 0 amide bonds. The number of morpholine rings is 1. The van der Waals surface area contributed by atoms with E-state index in [2.05, 4.69) is 22.0 Å². The van der Waals surface area contributed by atoms with Gasteiger partial charge in [0.25, 0.3) is 0 Å². The van der Waals surface area contributed by atoms with Gasteiger partial charge in [0.1, 0.15) is 12.4 Å². The van der Waals surface area contributed by atoms with Gasteiger partial charge in [-0.3, -0.25) is 4.90 Å². The maximum absolute atomic E-state index is 5.81. The number of aromatic nitrogens is 1. The molecule has 0 unspecified atom stereocenters. The molecule has 2 aromatic rings. The van der Waals surface area contributed by atoms with Gasteiger partial charge in [0.2, 0.25) is 0 Å². The van der Waals surface area contributed by atoms with Crippen molar-refractivity contribution >= 4 is 22.9 Å². The molecule has 1 saturated heterocycles. The van der Waals surface area contributed by atoms with E-state index in [0.717, 1.165) is 49.9 Å². The predicted molar refractivity (Wildman–Crippen MR) is 93.5 cm³/mol. The van der Waals surface area contributed by atoms with E-state index in [-0.39, 0.29) is 0 Å². The van der Waals surface area contributed by atoms with Crippen LogP contribution in [0.1, 0.15) is 16.9 Å². The molecule has 0 N–H and O–H groups in total. The fourth-order valence-electron chi connectivity index (χ4n) is 2.59. The molecule has 1 aliphatic rings. The molecule has 1 fully saturated rings. The average molecular weight is 353 g/mol. The fourth-order valence-corrected chi connectivity index (χ4v) is 3.48. The van der Waals surface area contributed by atoms with Crippen molar-refractivity contribution in [3.8, 4) is 5.75 Å². The standard InChI is InChI=1S/C17H21ClN2O2S/c18-17-19-12-16(23-17)13-22-15-5-3-14(4-6-15)2-1-7-20-8-10-21-11-9-20/h3-6,12H,1-2,7-11,13H2. The molecule has 2 heterocycles. The van der Waals surface area contributed by atoms with Crippen molar-refractivity contribution < 1.29 is 9.47 Å². The number of thiazole rings is 1. The molecule has 0 bridgehead atoms. The number of aryl methyl sites for hydroxylation is 1. The average Bonchev–Trinajstić information content (AvgIpc) is 3.01. The molecule has 1 aromatic carbocycles. The fraction of sp³-hybridized carbons (Fsp3) is 0.471. The summed E-state index contributed by atoms with van der Waals surface area (Å²) in [7, 11) is 0. The van der Waals surface area contributed by atoms with Gasteiger partial charge in [0.15, 0.2) is 4.47 Å². The summed E-state index contributed by atoms with van der Waals surface area (Å²) in [5, 5.41) is 0. The third-order valence-electron chi connectivity index (χ3n) is 3.87. The van der Waals surface area contributed by atoms with Crippen molar-refractivity contribution in [3.63, 3.8) is 0 Å². The largest absolute Gasteiger partial charge is 0.488 e. The van der Waals surface area contributed by atoms with Crippen molar-refractivity contribution in [2.24, 2.45) is 0 Å². The summed E-state index contributed by atoms with van der Waals surface area (Å²) in [6, 6.07) is 8.36. The van der Waals surface area contributed by atoms with E-state index in [0.29, 0.717) is 11.1 Å². The van der Waals surface area contributed by atoms with Crippen LogP contribution >= 0.6 is 22.9 Å². The lowest BCUT2D eigenvalue weighted by Gasteiger charge is -2.26. The van der Waals surface area contributed by atoms with E-state index in [1.54, 1.807) is 6.20 Å². The second-order valence-electron chi connectivity index (χ2n) is 5.57. The van der Waals surface area contributed by atoms with Crippen LogP contribution < -0.4 is 4.74 Å². The molecule has 0 spiro atoms. The van der Waals surface area contributed by atoms with Crippen molar-refractivity contribution in [2.75, 3.05) is 32.8 Å².